The Bertz CT molecular complexity index is 638. The van der Waals surface area contributed by atoms with Crippen LogP contribution in [0.15, 0.2) is 36.4 Å². The summed E-state index contributed by atoms with van der Waals surface area (Å²) < 4.78 is 5.72. The summed E-state index contributed by atoms with van der Waals surface area (Å²) in [6, 6.07) is 12.3. The van der Waals surface area contributed by atoms with Gasteiger partial charge in [-0.05, 0) is 42.0 Å². The van der Waals surface area contributed by atoms with Gasteiger partial charge in [-0.15, -0.1) is 0 Å². The van der Waals surface area contributed by atoms with E-state index in [-0.39, 0.29) is 0 Å². The highest BCUT2D eigenvalue weighted by Gasteiger charge is 2.17. The molecule has 3 nitrogen and oxygen atoms in total. The number of fused-ring (bicyclic) bond motifs is 1. The van der Waals surface area contributed by atoms with E-state index in [4.69, 9.17) is 16.3 Å². The van der Waals surface area contributed by atoms with Crippen molar-refractivity contribution in [3.63, 3.8) is 0 Å². The lowest BCUT2D eigenvalue weighted by Crippen LogP contribution is -2.08. The van der Waals surface area contributed by atoms with Gasteiger partial charge in [0.2, 0.25) is 0 Å². The number of hydrogen-bond donors (Lipinski definition) is 1. The van der Waals surface area contributed by atoms with Crippen LogP contribution >= 0.6 is 11.6 Å². The summed E-state index contributed by atoms with van der Waals surface area (Å²) in [5.41, 5.74) is 4.61. The van der Waals surface area contributed by atoms with Crippen molar-refractivity contribution in [2.24, 2.45) is 0 Å². The SMILES string of the molecule is CN(C)c1ccc(NCc2cc(Cl)cc3c2OCC3)cc1. The summed E-state index contributed by atoms with van der Waals surface area (Å²) in [6.45, 7) is 1.46. The first kappa shape index (κ1) is 14.1. The van der Waals surface area contributed by atoms with Crippen molar-refractivity contribution in [3.8, 4) is 5.75 Å². The summed E-state index contributed by atoms with van der Waals surface area (Å²) in [4.78, 5) is 2.08. The Morgan fingerprint density at radius 2 is 1.95 bits per heavy atom. The van der Waals surface area contributed by atoms with Gasteiger partial charge >= 0.3 is 0 Å². The lowest BCUT2D eigenvalue weighted by Gasteiger charge is -2.14. The van der Waals surface area contributed by atoms with Gasteiger partial charge in [0.05, 0.1) is 6.61 Å². The van der Waals surface area contributed by atoms with Crippen molar-refractivity contribution in [2.45, 2.75) is 13.0 Å². The Kier molecular flexibility index (Phi) is 3.93. The van der Waals surface area contributed by atoms with Crippen molar-refractivity contribution in [2.75, 3.05) is 30.9 Å². The summed E-state index contributed by atoms with van der Waals surface area (Å²) in [7, 11) is 4.07. The topological polar surface area (TPSA) is 24.5 Å². The van der Waals surface area contributed by atoms with Gasteiger partial charge in [-0.2, -0.15) is 0 Å². The van der Waals surface area contributed by atoms with E-state index in [9.17, 15) is 0 Å². The minimum atomic E-state index is 0.713. The maximum absolute atomic E-state index is 6.18. The molecule has 0 bridgehead atoms. The van der Waals surface area contributed by atoms with Gasteiger partial charge in [0, 0.05) is 49.0 Å². The van der Waals surface area contributed by atoms with Crippen LogP contribution in [0.5, 0.6) is 5.75 Å². The fourth-order valence-corrected chi connectivity index (χ4v) is 2.82. The Labute approximate surface area is 130 Å². The molecule has 1 aliphatic heterocycles. The predicted octanol–water partition coefficient (Wildman–Crippen LogP) is 3.95. The molecule has 0 spiro atoms. The van der Waals surface area contributed by atoms with E-state index in [1.807, 2.05) is 26.2 Å². The molecule has 2 aromatic carbocycles. The molecular formula is C17H19ClN2O. The van der Waals surface area contributed by atoms with Crippen LogP contribution in [0.3, 0.4) is 0 Å². The zero-order valence-corrected chi connectivity index (χ0v) is 13.1. The summed E-state index contributed by atoms with van der Waals surface area (Å²) in [5.74, 6) is 0.997. The molecule has 0 fully saturated rings. The number of nitrogens with zero attached hydrogens (tertiary/aromatic N) is 1. The molecule has 2 aromatic rings. The van der Waals surface area contributed by atoms with Crippen molar-refractivity contribution >= 4 is 23.0 Å². The molecule has 0 unspecified atom stereocenters. The number of benzene rings is 2. The molecule has 0 aliphatic carbocycles. The van der Waals surface area contributed by atoms with Crippen molar-refractivity contribution in [1.82, 2.24) is 0 Å². The number of halogens is 1. The molecule has 110 valence electrons. The third kappa shape index (κ3) is 3.08. The number of ether oxygens (including phenoxy) is 1. The second-order valence-electron chi connectivity index (χ2n) is 5.45. The third-order valence-electron chi connectivity index (χ3n) is 3.69. The number of anilines is 2. The molecule has 3 rings (SSSR count). The summed E-state index contributed by atoms with van der Waals surface area (Å²) in [5, 5.41) is 4.20. The fourth-order valence-electron chi connectivity index (χ4n) is 2.55. The van der Waals surface area contributed by atoms with Gasteiger partial charge < -0.3 is 15.0 Å². The van der Waals surface area contributed by atoms with E-state index in [1.54, 1.807) is 0 Å². The zero-order valence-electron chi connectivity index (χ0n) is 12.3. The normalized spacial score (nSPS) is 12.7. The van der Waals surface area contributed by atoms with Crippen LogP contribution in [0.4, 0.5) is 11.4 Å². The number of rotatable bonds is 4. The number of nitrogens with one attached hydrogen (secondary N) is 1. The van der Waals surface area contributed by atoms with Crippen LogP contribution in [0.1, 0.15) is 11.1 Å². The molecule has 0 saturated heterocycles. The summed E-state index contributed by atoms with van der Waals surface area (Å²) >= 11 is 6.18. The molecule has 0 radical (unpaired) electrons. The smallest absolute Gasteiger partial charge is 0.127 e. The second kappa shape index (κ2) is 5.86. The molecule has 1 N–H and O–H groups in total. The zero-order chi connectivity index (χ0) is 14.8. The summed E-state index contributed by atoms with van der Waals surface area (Å²) in [6.07, 6.45) is 0.945. The highest BCUT2D eigenvalue weighted by atomic mass is 35.5. The van der Waals surface area contributed by atoms with Gasteiger partial charge in [-0.3, -0.25) is 0 Å². The molecule has 4 heteroatoms. The van der Waals surface area contributed by atoms with E-state index in [1.165, 1.54) is 11.3 Å². The van der Waals surface area contributed by atoms with E-state index in [0.29, 0.717) is 6.54 Å². The maximum Gasteiger partial charge on any atom is 0.127 e. The van der Waals surface area contributed by atoms with Gasteiger partial charge in [0.15, 0.2) is 0 Å². The third-order valence-corrected chi connectivity index (χ3v) is 3.91. The lowest BCUT2D eigenvalue weighted by atomic mass is 10.1. The average Bonchev–Trinajstić information content (AvgIpc) is 2.93. The van der Waals surface area contributed by atoms with Crippen LogP contribution in [0.25, 0.3) is 0 Å². The van der Waals surface area contributed by atoms with Crippen LogP contribution in [-0.4, -0.2) is 20.7 Å². The molecule has 1 heterocycles. The first-order valence-electron chi connectivity index (χ1n) is 7.09. The van der Waals surface area contributed by atoms with E-state index in [2.05, 4.69) is 34.5 Å². The van der Waals surface area contributed by atoms with Crippen molar-refractivity contribution in [1.29, 1.82) is 0 Å². The monoisotopic (exact) mass is 302 g/mol. The quantitative estimate of drug-likeness (QED) is 0.925. The first-order chi connectivity index (χ1) is 10.1. The van der Waals surface area contributed by atoms with E-state index < -0.39 is 0 Å². The maximum atomic E-state index is 6.18. The van der Waals surface area contributed by atoms with E-state index in [0.717, 1.165) is 35.1 Å². The Hall–Kier alpha value is -1.87. The van der Waals surface area contributed by atoms with Gasteiger partial charge in [-0.1, -0.05) is 11.6 Å². The standard InChI is InChI=1S/C17H19ClN2O/c1-20(2)16-5-3-15(4-6-16)19-11-13-10-14(18)9-12-7-8-21-17(12)13/h3-6,9-10,19H,7-8,11H2,1-2H3. The molecule has 0 amide bonds. The van der Waals surface area contributed by atoms with Crippen LogP contribution in [0, 0.1) is 0 Å². The van der Waals surface area contributed by atoms with Crippen LogP contribution in [-0.2, 0) is 13.0 Å². The molecule has 21 heavy (non-hydrogen) atoms. The van der Waals surface area contributed by atoms with Crippen LogP contribution in [0.2, 0.25) is 5.02 Å². The highest BCUT2D eigenvalue weighted by molar-refractivity contribution is 6.30. The van der Waals surface area contributed by atoms with Crippen molar-refractivity contribution in [3.05, 3.63) is 52.5 Å². The number of hydrogen-bond acceptors (Lipinski definition) is 3. The molecule has 0 saturated carbocycles. The van der Waals surface area contributed by atoms with Crippen LogP contribution < -0.4 is 15.0 Å². The van der Waals surface area contributed by atoms with E-state index >= 15 is 0 Å². The predicted molar refractivity (Wildman–Crippen MR) is 88.7 cm³/mol. The fraction of sp³-hybridized carbons (Fsp3) is 0.294. The van der Waals surface area contributed by atoms with Gasteiger partial charge in [0.25, 0.3) is 0 Å². The Morgan fingerprint density at radius 3 is 2.67 bits per heavy atom. The molecule has 1 aliphatic rings. The Morgan fingerprint density at radius 1 is 1.19 bits per heavy atom. The molecular weight excluding hydrogens is 284 g/mol. The molecule has 0 aromatic heterocycles. The minimum absolute atomic E-state index is 0.713. The first-order valence-corrected chi connectivity index (χ1v) is 7.46. The van der Waals surface area contributed by atoms with Gasteiger partial charge in [-0.25, -0.2) is 0 Å². The largest absolute Gasteiger partial charge is 0.493 e. The van der Waals surface area contributed by atoms with Crippen molar-refractivity contribution < 1.29 is 4.74 Å². The average molecular weight is 303 g/mol. The van der Waals surface area contributed by atoms with Gasteiger partial charge in [0.1, 0.15) is 5.75 Å². The second-order valence-corrected chi connectivity index (χ2v) is 5.88. The Balaban J connectivity index is 1.73. The molecule has 0 atom stereocenters. The highest BCUT2D eigenvalue weighted by Crippen LogP contribution is 2.33. The lowest BCUT2D eigenvalue weighted by molar-refractivity contribution is 0.354. The minimum Gasteiger partial charge on any atom is -0.493 e.